The fraction of sp³-hybridized carbons (Fsp3) is 0.667. The number of aryl methyl sites for hydroxylation is 2. The molecule has 1 amide bonds. The summed E-state index contributed by atoms with van der Waals surface area (Å²) < 4.78 is 1.82. The molecule has 0 aromatic carbocycles. The summed E-state index contributed by atoms with van der Waals surface area (Å²) in [6.45, 7) is 4.17. The Kier molecular flexibility index (Phi) is 4.34. The van der Waals surface area contributed by atoms with Crippen molar-refractivity contribution >= 4 is 11.9 Å². The molecular weight excluding hydrogens is 270 g/mol. The molecule has 0 spiro atoms. The Balaban J connectivity index is 1.84. The van der Waals surface area contributed by atoms with Gasteiger partial charge in [0.15, 0.2) is 0 Å². The van der Waals surface area contributed by atoms with Gasteiger partial charge in [0.05, 0.1) is 11.1 Å². The maximum Gasteiger partial charge on any atom is 0.311 e. The smallest absolute Gasteiger partial charge is 0.311 e. The molecule has 0 bridgehead atoms. The second kappa shape index (κ2) is 5.87. The summed E-state index contributed by atoms with van der Waals surface area (Å²) in [5.41, 5.74) is 2.39. The summed E-state index contributed by atoms with van der Waals surface area (Å²) >= 11 is 0. The normalized spacial score (nSPS) is 16.3. The summed E-state index contributed by atoms with van der Waals surface area (Å²) in [5, 5.41) is 16.3. The van der Waals surface area contributed by atoms with Gasteiger partial charge in [0.2, 0.25) is 5.91 Å². The van der Waals surface area contributed by atoms with E-state index in [0.717, 1.165) is 23.4 Å². The largest absolute Gasteiger partial charge is 0.481 e. The standard InChI is InChI=1S/C15H23N3O3/c1-10-12(11(2)18(3)17-10)5-6-13(19)16-9-15(14(20)21)7-4-8-15/h4-9H2,1-3H3,(H,16,19)(H,20,21). The number of hydrogen-bond donors (Lipinski definition) is 2. The monoisotopic (exact) mass is 293 g/mol. The number of aliphatic carboxylic acids is 1. The molecule has 0 atom stereocenters. The second-order valence-electron chi connectivity index (χ2n) is 5.99. The van der Waals surface area contributed by atoms with Crippen molar-refractivity contribution in [1.82, 2.24) is 15.1 Å². The van der Waals surface area contributed by atoms with Gasteiger partial charge in [-0.05, 0) is 38.7 Å². The second-order valence-corrected chi connectivity index (χ2v) is 5.99. The average molecular weight is 293 g/mol. The highest BCUT2D eigenvalue weighted by Crippen LogP contribution is 2.40. The molecule has 2 rings (SSSR count). The number of carbonyl (C=O) groups is 2. The maximum atomic E-state index is 11.9. The Labute approximate surface area is 124 Å². The quantitative estimate of drug-likeness (QED) is 0.829. The number of carboxylic acids is 1. The van der Waals surface area contributed by atoms with Crippen LogP contribution in [0.4, 0.5) is 0 Å². The fourth-order valence-corrected chi connectivity index (χ4v) is 2.84. The van der Waals surface area contributed by atoms with Crippen LogP contribution < -0.4 is 5.32 Å². The van der Waals surface area contributed by atoms with Crippen molar-refractivity contribution in [2.45, 2.75) is 46.0 Å². The summed E-state index contributed by atoms with van der Waals surface area (Å²) in [5.74, 6) is -0.891. The van der Waals surface area contributed by atoms with Gasteiger partial charge < -0.3 is 10.4 Å². The van der Waals surface area contributed by atoms with Crippen molar-refractivity contribution < 1.29 is 14.7 Å². The number of carbonyl (C=O) groups excluding carboxylic acids is 1. The van der Waals surface area contributed by atoms with Crippen LogP contribution in [0.25, 0.3) is 0 Å². The molecule has 116 valence electrons. The Morgan fingerprint density at radius 3 is 2.48 bits per heavy atom. The first-order valence-electron chi connectivity index (χ1n) is 7.35. The highest BCUT2D eigenvalue weighted by molar-refractivity contribution is 5.79. The van der Waals surface area contributed by atoms with Crippen molar-refractivity contribution in [3.63, 3.8) is 0 Å². The molecule has 1 aliphatic carbocycles. The van der Waals surface area contributed by atoms with Crippen LogP contribution in [-0.2, 0) is 23.1 Å². The third-order valence-electron chi connectivity index (χ3n) is 4.65. The predicted molar refractivity (Wildman–Crippen MR) is 77.9 cm³/mol. The minimum absolute atomic E-state index is 0.0924. The minimum Gasteiger partial charge on any atom is -0.481 e. The van der Waals surface area contributed by atoms with Gasteiger partial charge in [0.1, 0.15) is 0 Å². The number of nitrogens with zero attached hydrogens (tertiary/aromatic N) is 2. The molecule has 1 fully saturated rings. The van der Waals surface area contributed by atoms with Gasteiger partial charge in [-0.25, -0.2) is 0 Å². The van der Waals surface area contributed by atoms with E-state index < -0.39 is 11.4 Å². The third-order valence-corrected chi connectivity index (χ3v) is 4.65. The Morgan fingerprint density at radius 1 is 1.38 bits per heavy atom. The van der Waals surface area contributed by atoms with E-state index in [9.17, 15) is 14.7 Å². The van der Waals surface area contributed by atoms with Gasteiger partial charge >= 0.3 is 5.97 Å². The third kappa shape index (κ3) is 3.09. The van der Waals surface area contributed by atoms with Crippen molar-refractivity contribution in [1.29, 1.82) is 0 Å². The van der Waals surface area contributed by atoms with Crippen LogP contribution >= 0.6 is 0 Å². The van der Waals surface area contributed by atoms with Crippen molar-refractivity contribution in [2.75, 3.05) is 6.54 Å². The fourth-order valence-electron chi connectivity index (χ4n) is 2.84. The van der Waals surface area contributed by atoms with E-state index in [-0.39, 0.29) is 12.5 Å². The van der Waals surface area contributed by atoms with E-state index in [2.05, 4.69) is 10.4 Å². The molecule has 1 saturated carbocycles. The number of rotatable bonds is 6. The van der Waals surface area contributed by atoms with Crippen LogP contribution in [0, 0.1) is 19.3 Å². The summed E-state index contributed by atoms with van der Waals surface area (Å²) in [7, 11) is 1.89. The lowest BCUT2D eigenvalue weighted by Crippen LogP contribution is -2.47. The topological polar surface area (TPSA) is 84.2 Å². The first kappa shape index (κ1) is 15.5. The van der Waals surface area contributed by atoms with Crippen molar-refractivity contribution in [3.8, 4) is 0 Å². The predicted octanol–water partition coefficient (Wildman–Crippen LogP) is 1.34. The molecular formula is C15H23N3O3. The van der Waals surface area contributed by atoms with Crippen LogP contribution in [0.3, 0.4) is 0 Å². The SMILES string of the molecule is Cc1nn(C)c(C)c1CCC(=O)NCC1(C(=O)O)CCC1. The van der Waals surface area contributed by atoms with E-state index in [1.54, 1.807) is 0 Å². The van der Waals surface area contributed by atoms with Gasteiger partial charge in [0.25, 0.3) is 0 Å². The average Bonchev–Trinajstić information content (AvgIpc) is 2.59. The van der Waals surface area contributed by atoms with Gasteiger partial charge in [0, 0.05) is 25.7 Å². The van der Waals surface area contributed by atoms with Gasteiger partial charge in [-0.15, -0.1) is 0 Å². The molecule has 6 heteroatoms. The van der Waals surface area contributed by atoms with E-state index in [1.807, 2.05) is 25.6 Å². The number of carboxylic acid groups (broad SMARTS) is 1. The Hall–Kier alpha value is -1.85. The summed E-state index contributed by atoms with van der Waals surface area (Å²) in [6, 6.07) is 0. The molecule has 6 nitrogen and oxygen atoms in total. The zero-order valence-electron chi connectivity index (χ0n) is 12.9. The van der Waals surface area contributed by atoms with Crippen LogP contribution in [0.1, 0.15) is 42.6 Å². The molecule has 1 heterocycles. The lowest BCUT2D eigenvalue weighted by Gasteiger charge is -2.37. The summed E-state index contributed by atoms with van der Waals surface area (Å²) in [4.78, 5) is 23.1. The molecule has 21 heavy (non-hydrogen) atoms. The molecule has 0 unspecified atom stereocenters. The molecule has 0 saturated heterocycles. The van der Waals surface area contributed by atoms with Crippen LogP contribution in [0.15, 0.2) is 0 Å². The van der Waals surface area contributed by atoms with Crippen LogP contribution in [0.2, 0.25) is 0 Å². The van der Waals surface area contributed by atoms with Crippen molar-refractivity contribution in [2.24, 2.45) is 12.5 Å². The Morgan fingerprint density at radius 2 is 2.05 bits per heavy atom. The molecule has 2 N–H and O–H groups in total. The van der Waals surface area contributed by atoms with Crippen molar-refractivity contribution in [3.05, 3.63) is 17.0 Å². The first-order valence-corrected chi connectivity index (χ1v) is 7.35. The van der Waals surface area contributed by atoms with E-state index in [4.69, 9.17) is 0 Å². The zero-order chi connectivity index (χ0) is 15.6. The summed E-state index contributed by atoms with van der Waals surface area (Å²) in [6.07, 6.45) is 3.24. The first-order chi connectivity index (χ1) is 9.85. The molecule has 0 aliphatic heterocycles. The lowest BCUT2D eigenvalue weighted by molar-refractivity contribution is -0.154. The number of nitrogens with one attached hydrogen (secondary N) is 1. The van der Waals surface area contributed by atoms with Gasteiger partial charge in [-0.2, -0.15) is 5.10 Å². The Bertz CT molecular complexity index is 559. The molecule has 1 aromatic rings. The molecule has 1 aromatic heterocycles. The lowest BCUT2D eigenvalue weighted by atomic mass is 9.69. The van der Waals surface area contributed by atoms with Gasteiger partial charge in [-0.1, -0.05) is 6.42 Å². The van der Waals surface area contributed by atoms with E-state index >= 15 is 0 Å². The minimum atomic E-state index is -0.798. The van der Waals surface area contributed by atoms with E-state index in [1.165, 1.54) is 0 Å². The van der Waals surface area contributed by atoms with Crippen LogP contribution in [0.5, 0.6) is 0 Å². The maximum absolute atomic E-state index is 11.9. The highest BCUT2D eigenvalue weighted by Gasteiger charge is 2.44. The zero-order valence-corrected chi connectivity index (χ0v) is 12.9. The molecule has 1 aliphatic rings. The van der Waals surface area contributed by atoms with Crippen LogP contribution in [-0.4, -0.2) is 33.3 Å². The van der Waals surface area contributed by atoms with E-state index in [0.29, 0.717) is 25.7 Å². The van der Waals surface area contributed by atoms with Gasteiger partial charge in [-0.3, -0.25) is 14.3 Å². The highest BCUT2D eigenvalue weighted by atomic mass is 16.4. The number of aromatic nitrogens is 2. The number of hydrogen-bond acceptors (Lipinski definition) is 3. The molecule has 0 radical (unpaired) electrons. The number of amides is 1.